The molecular weight excluding hydrogens is 214 g/mol. The summed E-state index contributed by atoms with van der Waals surface area (Å²) in [4.78, 5) is 2.58. The molecule has 0 aromatic carbocycles. The maximum atomic E-state index is 8.76. The average Bonchev–Trinajstić information content (AvgIpc) is 2.66. The van der Waals surface area contributed by atoms with Gasteiger partial charge in [0.2, 0.25) is 0 Å². The van der Waals surface area contributed by atoms with Crippen LogP contribution in [0.4, 0.5) is 0 Å². The lowest BCUT2D eigenvalue weighted by atomic mass is 9.87. The molecule has 0 aliphatic carbocycles. The molecule has 3 N–H and O–H groups in total. The Morgan fingerprint density at radius 1 is 1.47 bits per heavy atom. The van der Waals surface area contributed by atoms with Crippen molar-refractivity contribution < 1.29 is 5.21 Å². The fourth-order valence-corrected chi connectivity index (χ4v) is 2.64. The molecule has 1 aliphatic heterocycles. The fraction of sp³-hybridized carbons (Fsp3) is 0.923. The summed E-state index contributed by atoms with van der Waals surface area (Å²) in [6.07, 6.45) is 4.75. The van der Waals surface area contributed by atoms with E-state index in [0.29, 0.717) is 17.9 Å². The minimum atomic E-state index is -0.227. The summed E-state index contributed by atoms with van der Waals surface area (Å²) in [5, 5.41) is 11.9. The molecule has 1 saturated heterocycles. The van der Waals surface area contributed by atoms with Crippen molar-refractivity contribution in [3.05, 3.63) is 0 Å². The fourth-order valence-electron chi connectivity index (χ4n) is 2.64. The highest BCUT2D eigenvalue weighted by Crippen LogP contribution is 2.29. The molecule has 1 fully saturated rings. The van der Waals surface area contributed by atoms with E-state index < -0.39 is 0 Å². The Labute approximate surface area is 105 Å². The van der Waals surface area contributed by atoms with Gasteiger partial charge < -0.3 is 10.9 Å². The lowest BCUT2D eigenvalue weighted by Crippen LogP contribution is -2.40. The van der Waals surface area contributed by atoms with E-state index in [9.17, 15) is 0 Å². The van der Waals surface area contributed by atoms with E-state index in [1.807, 2.05) is 13.8 Å². The number of hydrogen-bond acceptors (Lipinski definition) is 3. The maximum Gasteiger partial charge on any atom is 0.144 e. The summed E-state index contributed by atoms with van der Waals surface area (Å²) < 4.78 is 0. The molecule has 0 aromatic heterocycles. The largest absolute Gasteiger partial charge is 0.409 e. The van der Waals surface area contributed by atoms with Crippen LogP contribution in [-0.4, -0.2) is 34.6 Å². The molecule has 2 unspecified atom stereocenters. The second kappa shape index (κ2) is 5.71. The number of likely N-dealkylation sites (tertiary alicyclic amines) is 1. The number of amidine groups is 1. The zero-order chi connectivity index (χ0) is 13.1. The van der Waals surface area contributed by atoms with E-state index in [4.69, 9.17) is 10.9 Å². The Kier molecular flexibility index (Phi) is 4.80. The molecule has 1 rings (SSSR count). The molecule has 0 aromatic rings. The van der Waals surface area contributed by atoms with Gasteiger partial charge in [0, 0.05) is 17.5 Å². The topological polar surface area (TPSA) is 61.8 Å². The first kappa shape index (κ1) is 14.3. The SMILES string of the molecule is CCC1CCC(C)N1CCC(C)(C)C(N)=NO. The van der Waals surface area contributed by atoms with Gasteiger partial charge in [0.15, 0.2) is 0 Å². The highest BCUT2D eigenvalue weighted by atomic mass is 16.4. The van der Waals surface area contributed by atoms with Crippen LogP contribution in [0, 0.1) is 5.41 Å². The molecule has 0 amide bonds. The molecule has 0 radical (unpaired) electrons. The highest BCUT2D eigenvalue weighted by Gasteiger charge is 2.31. The normalized spacial score (nSPS) is 27.6. The molecular formula is C13H27N3O. The minimum absolute atomic E-state index is 0.227. The number of nitrogens with zero attached hydrogens (tertiary/aromatic N) is 2. The smallest absolute Gasteiger partial charge is 0.144 e. The van der Waals surface area contributed by atoms with Crippen LogP contribution in [0.15, 0.2) is 5.16 Å². The van der Waals surface area contributed by atoms with Crippen LogP contribution in [0.2, 0.25) is 0 Å². The molecule has 1 heterocycles. The van der Waals surface area contributed by atoms with E-state index in [0.717, 1.165) is 13.0 Å². The predicted molar refractivity (Wildman–Crippen MR) is 71.3 cm³/mol. The molecule has 0 bridgehead atoms. The summed E-state index contributed by atoms with van der Waals surface area (Å²) in [6, 6.07) is 1.39. The van der Waals surface area contributed by atoms with E-state index in [2.05, 4.69) is 23.9 Å². The quantitative estimate of drug-likeness (QED) is 0.336. The van der Waals surface area contributed by atoms with E-state index in [-0.39, 0.29) is 5.41 Å². The van der Waals surface area contributed by atoms with E-state index in [1.54, 1.807) is 0 Å². The molecule has 1 aliphatic rings. The van der Waals surface area contributed by atoms with Crippen LogP contribution in [0.1, 0.15) is 53.4 Å². The van der Waals surface area contributed by atoms with Crippen molar-refractivity contribution >= 4 is 5.84 Å². The lowest BCUT2D eigenvalue weighted by Gasteiger charge is -2.31. The third kappa shape index (κ3) is 3.35. The van der Waals surface area contributed by atoms with Crippen molar-refractivity contribution in [1.29, 1.82) is 0 Å². The summed E-state index contributed by atoms with van der Waals surface area (Å²) >= 11 is 0. The molecule has 100 valence electrons. The summed E-state index contributed by atoms with van der Waals surface area (Å²) in [7, 11) is 0. The highest BCUT2D eigenvalue weighted by molar-refractivity contribution is 5.85. The lowest BCUT2D eigenvalue weighted by molar-refractivity contribution is 0.179. The first-order chi connectivity index (χ1) is 7.92. The minimum Gasteiger partial charge on any atom is -0.409 e. The van der Waals surface area contributed by atoms with Crippen molar-refractivity contribution in [3.8, 4) is 0 Å². The Morgan fingerprint density at radius 3 is 2.65 bits per heavy atom. The molecule has 4 heteroatoms. The molecule has 2 atom stereocenters. The second-order valence-electron chi connectivity index (χ2n) is 5.85. The van der Waals surface area contributed by atoms with Crippen molar-refractivity contribution in [2.24, 2.45) is 16.3 Å². The van der Waals surface area contributed by atoms with Gasteiger partial charge in [-0.15, -0.1) is 0 Å². The molecule has 4 nitrogen and oxygen atoms in total. The first-order valence-electron chi connectivity index (χ1n) is 6.66. The van der Waals surface area contributed by atoms with Crippen LogP contribution in [0.5, 0.6) is 0 Å². The number of hydrogen-bond donors (Lipinski definition) is 2. The van der Waals surface area contributed by atoms with Crippen LogP contribution < -0.4 is 5.73 Å². The third-order valence-corrected chi connectivity index (χ3v) is 4.22. The van der Waals surface area contributed by atoms with Gasteiger partial charge in [0.05, 0.1) is 0 Å². The standard InChI is InChI=1S/C13H27N3O/c1-5-11-7-6-10(2)16(11)9-8-13(3,4)12(14)15-17/h10-11,17H,5-9H2,1-4H3,(H2,14,15). The second-order valence-corrected chi connectivity index (χ2v) is 5.85. The van der Waals surface area contributed by atoms with Gasteiger partial charge in [-0.2, -0.15) is 0 Å². The van der Waals surface area contributed by atoms with Crippen molar-refractivity contribution in [3.63, 3.8) is 0 Å². The molecule has 17 heavy (non-hydrogen) atoms. The van der Waals surface area contributed by atoms with E-state index >= 15 is 0 Å². The van der Waals surface area contributed by atoms with Gasteiger partial charge in [-0.1, -0.05) is 25.9 Å². The van der Waals surface area contributed by atoms with Crippen molar-refractivity contribution in [2.45, 2.75) is 65.5 Å². The van der Waals surface area contributed by atoms with Gasteiger partial charge >= 0.3 is 0 Å². The van der Waals surface area contributed by atoms with Gasteiger partial charge in [-0.3, -0.25) is 4.90 Å². The monoisotopic (exact) mass is 241 g/mol. The van der Waals surface area contributed by atoms with Gasteiger partial charge in [0.25, 0.3) is 0 Å². The predicted octanol–water partition coefficient (Wildman–Crippen LogP) is 2.41. The molecule has 0 spiro atoms. The molecule has 0 saturated carbocycles. The van der Waals surface area contributed by atoms with Crippen LogP contribution in [0.3, 0.4) is 0 Å². The Bertz CT molecular complexity index is 276. The Balaban J connectivity index is 2.55. The summed E-state index contributed by atoms with van der Waals surface area (Å²) in [5.74, 6) is 0.331. The number of rotatable bonds is 5. The summed E-state index contributed by atoms with van der Waals surface area (Å²) in [6.45, 7) is 9.65. The Hall–Kier alpha value is -0.770. The Morgan fingerprint density at radius 2 is 2.12 bits per heavy atom. The zero-order valence-corrected chi connectivity index (χ0v) is 11.6. The van der Waals surface area contributed by atoms with Crippen molar-refractivity contribution in [2.75, 3.05) is 6.54 Å². The zero-order valence-electron chi connectivity index (χ0n) is 11.6. The van der Waals surface area contributed by atoms with Crippen molar-refractivity contribution in [1.82, 2.24) is 4.90 Å². The van der Waals surface area contributed by atoms with E-state index in [1.165, 1.54) is 19.3 Å². The van der Waals surface area contributed by atoms with Gasteiger partial charge in [-0.25, -0.2) is 0 Å². The average molecular weight is 241 g/mol. The van der Waals surface area contributed by atoms with Gasteiger partial charge in [0.1, 0.15) is 5.84 Å². The number of oxime groups is 1. The van der Waals surface area contributed by atoms with Crippen LogP contribution >= 0.6 is 0 Å². The number of nitrogens with two attached hydrogens (primary N) is 1. The van der Waals surface area contributed by atoms with Crippen LogP contribution in [-0.2, 0) is 0 Å². The first-order valence-corrected chi connectivity index (χ1v) is 6.66. The van der Waals surface area contributed by atoms with Gasteiger partial charge in [-0.05, 0) is 39.2 Å². The third-order valence-electron chi connectivity index (χ3n) is 4.22. The maximum absolute atomic E-state index is 8.76. The summed E-state index contributed by atoms with van der Waals surface area (Å²) in [5.41, 5.74) is 5.49. The van der Waals surface area contributed by atoms with Crippen LogP contribution in [0.25, 0.3) is 0 Å².